The molecule has 0 aromatic rings. The Morgan fingerprint density at radius 3 is 1.21 bits per heavy atom. The van der Waals surface area contributed by atoms with Crippen LogP contribution in [0.1, 0.15) is 110 Å². The van der Waals surface area contributed by atoms with Crippen molar-refractivity contribution in [3.05, 3.63) is 0 Å². The molecule has 0 unspecified atom stereocenters. The van der Waals surface area contributed by atoms with Crippen LogP contribution in [0.15, 0.2) is 0 Å². The Balaban J connectivity index is 3.13. The van der Waals surface area contributed by atoms with Crippen molar-refractivity contribution in [1.82, 2.24) is 0 Å². The summed E-state index contributed by atoms with van der Waals surface area (Å²) in [6, 6.07) is 0. The van der Waals surface area contributed by atoms with E-state index in [9.17, 15) is 8.42 Å². The zero-order valence-electron chi connectivity index (χ0n) is 16.1. The second kappa shape index (κ2) is 17.7. The third-order valence-electron chi connectivity index (χ3n) is 4.71. The van der Waals surface area contributed by atoms with Crippen LogP contribution in [0, 0.1) is 0 Å². The summed E-state index contributed by atoms with van der Waals surface area (Å²) in [7, 11) is -3.00. The van der Waals surface area contributed by atoms with E-state index in [1.807, 2.05) is 0 Å². The minimum absolute atomic E-state index is 0.0776. The highest BCUT2D eigenvalue weighted by atomic mass is 32.2. The Kier molecular flexibility index (Phi) is 17.7. The molecular weight excluding hydrogens is 320 g/mol. The molecule has 0 atom stereocenters. The van der Waals surface area contributed by atoms with Gasteiger partial charge in [-0.15, -0.1) is 0 Å². The Morgan fingerprint density at radius 1 is 0.542 bits per heavy atom. The molecule has 0 amide bonds. The van der Waals surface area contributed by atoms with E-state index < -0.39 is 9.84 Å². The predicted octanol–water partition coefficient (Wildman–Crippen LogP) is 5.66. The van der Waals surface area contributed by atoms with E-state index in [-0.39, 0.29) is 18.1 Å². The fourth-order valence-electron chi connectivity index (χ4n) is 3.11. The van der Waals surface area contributed by atoms with Crippen molar-refractivity contribution in [2.75, 3.05) is 18.1 Å². The first kappa shape index (κ1) is 23.9. The van der Waals surface area contributed by atoms with Crippen LogP contribution in [-0.2, 0) is 9.84 Å². The van der Waals surface area contributed by atoms with Crippen molar-refractivity contribution in [3.8, 4) is 0 Å². The van der Waals surface area contributed by atoms with Crippen LogP contribution < -0.4 is 0 Å². The fourth-order valence-corrected chi connectivity index (χ4v) is 4.24. The zero-order valence-corrected chi connectivity index (χ0v) is 16.9. The maximum absolute atomic E-state index is 11.4. The van der Waals surface area contributed by atoms with E-state index >= 15 is 0 Å². The number of aliphatic hydroxyl groups is 1. The number of hydrogen-bond acceptors (Lipinski definition) is 3. The first-order valence-electron chi connectivity index (χ1n) is 10.4. The van der Waals surface area contributed by atoms with Crippen molar-refractivity contribution in [2.24, 2.45) is 0 Å². The lowest BCUT2D eigenvalue weighted by atomic mass is 10.0. The van der Waals surface area contributed by atoms with Gasteiger partial charge in [0.2, 0.25) is 0 Å². The average Bonchev–Trinajstić information content (AvgIpc) is 2.54. The number of rotatable bonds is 19. The molecule has 0 aliphatic heterocycles. The molecule has 0 aromatic carbocycles. The van der Waals surface area contributed by atoms with Gasteiger partial charge in [-0.1, -0.05) is 103 Å². The highest BCUT2D eigenvalue weighted by Gasteiger charge is 2.08. The minimum Gasteiger partial charge on any atom is -0.395 e. The smallest absolute Gasteiger partial charge is 0.152 e. The lowest BCUT2D eigenvalue weighted by Gasteiger charge is -2.04. The summed E-state index contributed by atoms with van der Waals surface area (Å²) in [6.45, 7) is 2.02. The minimum atomic E-state index is -3.00. The molecule has 0 aliphatic rings. The van der Waals surface area contributed by atoms with Gasteiger partial charge in [-0.05, 0) is 6.42 Å². The van der Waals surface area contributed by atoms with Gasteiger partial charge in [-0.2, -0.15) is 0 Å². The van der Waals surface area contributed by atoms with Crippen molar-refractivity contribution in [1.29, 1.82) is 0 Å². The average molecular weight is 363 g/mol. The zero-order chi connectivity index (χ0) is 17.9. The first-order valence-corrected chi connectivity index (χ1v) is 12.3. The molecule has 0 fully saturated rings. The van der Waals surface area contributed by atoms with Crippen LogP contribution in [0.2, 0.25) is 0 Å². The summed E-state index contributed by atoms with van der Waals surface area (Å²) >= 11 is 0. The van der Waals surface area contributed by atoms with Crippen molar-refractivity contribution < 1.29 is 13.5 Å². The Hall–Kier alpha value is -0.0900. The molecule has 3 nitrogen and oxygen atoms in total. The van der Waals surface area contributed by atoms with Gasteiger partial charge in [0.15, 0.2) is 9.84 Å². The maximum atomic E-state index is 11.4. The number of unbranched alkanes of at least 4 members (excludes halogenated alkanes) is 15. The van der Waals surface area contributed by atoms with Crippen LogP contribution in [0.4, 0.5) is 0 Å². The molecule has 4 heteroatoms. The van der Waals surface area contributed by atoms with Crippen molar-refractivity contribution >= 4 is 9.84 Å². The number of sulfone groups is 1. The summed E-state index contributed by atoms with van der Waals surface area (Å²) < 4.78 is 22.8. The monoisotopic (exact) mass is 362 g/mol. The summed E-state index contributed by atoms with van der Waals surface area (Å²) in [5.74, 6) is 0.164. The van der Waals surface area contributed by atoms with Gasteiger partial charge in [0.05, 0.1) is 18.1 Å². The molecule has 1 N–H and O–H groups in total. The van der Waals surface area contributed by atoms with Crippen LogP contribution >= 0.6 is 0 Å². The van der Waals surface area contributed by atoms with Gasteiger partial charge in [0.1, 0.15) is 0 Å². The van der Waals surface area contributed by atoms with Gasteiger partial charge in [-0.25, -0.2) is 8.42 Å². The summed E-state index contributed by atoms with van der Waals surface area (Å²) in [4.78, 5) is 0. The van der Waals surface area contributed by atoms with Gasteiger partial charge in [0.25, 0.3) is 0 Å². The van der Waals surface area contributed by atoms with Crippen molar-refractivity contribution in [3.63, 3.8) is 0 Å². The molecule has 146 valence electrons. The van der Waals surface area contributed by atoms with Gasteiger partial charge in [-0.3, -0.25) is 0 Å². The van der Waals surface area contributed by atoms with E-state index in [0.29, 0.717) is 0 Å². The van der Waals surface area contributed by atoms with E-state index in [1.54, 1.807) is 0 Å². The van der Waals surface area contributed by atoms with Crippen LogP contribution in [0.25, 0.3) is 0 Å². The second-order valence-electron chi connectivity index (χ2n) is 7.18. The fraction of sp³-hybridized carbons (Fsp3) is 1.00. The van der Waals surface area contributed by atoms with Gasteiger partial charge >= 0.3 is 0 Å². The predicted molar refractivity (Wildman–Crippen MR) is 105 cm³/mol. The highest BCUT2D eigenvalue weighted by molar-refractivity contribution is 7.91. The van der Waals surface area contributed by atoms with E-state index in [4.69, 9.17) is 5.11 Å². The molecule has 0 aliphatic carbocycles. The summed E-state index contributed by atoms with van der Waals surface area (Å²) in [6.07, 6.45) is 20.7. The third-order valence-corrected chi connectivity index (χ3v) is 6.43. The molecule has 0 spiro atoms. The molecule has 0 heterocycles. The maximum Gasteiger partial charge on any atom is 0.152 e. The van der Waals surface area contributed by atoms with E-state index in [1.165, 1.54) is 83.5 Å². The standard InChI is InChI=1S/C20H42O3S/c1-2-3-4-5-6-7-8-9-10-11-12-13-14-15-16-17-19-24(22,23)20-18-21/h21H,2-20H2,1H3. The first-order chi connectivity index (χ1) is 11.6. The molecular formula is C20H42O3S. The molecule has 0 saturated carbocycles. The molecule has 0 aromatic heterocycles. The normalized spacial score (nSPS) is 11.9. The summed E-state index contributed by atoms with van der Waals surface area (Å²) in [5, 5.41) is 8.66. The van der Waals surface area contributed by atoms with E-state index in [0.717, 1.165) is 19.3 Å². The Bertz CT molecular complexity index is 339. The molecule has 24 heavy (non-hydrogen) atoms. The number of hydrogen-bond donors (Lipinski definition) is 1. The SMILES string of the molecule is CCCCCCCCCCCCCCCCCCS(=O)(=O)CCO. The lowest BCUT2D eigenvalue weighted by molar-refractivity contribution is 0.319. The molecule has 0 rings (SSSR count). The lowest BCUT2D eigenvalue weighted by Crippen LogP contribution is -2.13. The molecule has 0 radical (unpaired) electrons. The quantitative estimate of drug-likeness (QED) is 0.302. The third kappa shape index (κ3) is 18.3. The number of aliphatic hydroxyl groups excluding tert-OH is 1. The van der Waals surface area contributed by atoms with Gasteiger partial charge in [0, 0.05) is 0 Å². The Morgan fingerprint density at radius 2 is 0.875 bits per heavy atom. The van der Waals surface area contributed by atoms with Crippen molar-refractivity contribution in [2.45, 2.75) is 110 Å². The summed E-state index contributed by atoms with van der Waals surface area (Å²) in [5.41, 5.74) is 0. The van der Waals surface area contributed by atoms with E-state index in [2.05, 4.69) is 6.92 Å². The topological polar surface area (TPSA) is 54.4 Å². The largest absolute Gasteiger partial charge is 0.395 e. The van der Waals surface area contributed by atoms with Crippen LogP contribution in [0.3, 0.4) is 0 Å². The highest BCUT2D eigenvalue weighted by Crippen LogP contribution is 2.13. The Labute approximate surface area is 151 Å². The molecule has 0 bridgehead atoms. The van der Waals surface area contributed by atoms with Gasteiger partial charge < -0.3 is 5.11 Å². The van der Waals surface area contributed by atoms with Crippen LogP contribution in [-0.4, -0.2) is 31.6 Å². The molecule has 0 saturated heterocycles. The van der Waals surface area contributed by atoms with Crippen LogP contribution in [0.5, 0.6) is 0 Å². The second-order valence-corrected chi connectivity index (χ2v) is 9.48.